The van der Waals surface area contributed by atoms with Crippen LogP contribution in [0, 0.1) is 0 Å². The maximum atomic E-state index is 5.80. The maximum absolute atomic E-state index is 5.80. The summed E-state index contributed by atoms with van der Waals surface area (Å²) in [5.41, 5.74) is 10.5. The van der Waals surface area contributed by atoms with Crippen LogP contribution < -0.4 is 11.1 Å². The molecule has 6 heteroatoms. The van der Waals surface area contributed by atoms with Gasteiger partial charge in [0.25, 0.3) is 0 Å². The van der Waals surface area contributed by atoms with Crippen molar-refractivity contribution in [1.29, 1.82) is 0 Å². The molecule has 3 N–H and O–H groups in total. The van der Waals surface area contributed by atoms with Crippen LogP contribution in [0.15, 0.2) is 34.0 Å². The van der Waals surface area contributed by atoms with Crippen molar-refractivity contribution in [2.75, 3.05) is 11.6 Å². The summed E-state index contributed by atoms with van der Waals surface area (Å²) in [5.74, 6) is 0. The Morgan fingerprint density at radius 2 is 2.39 bits per heavy atom. The van der Waals surface area contributed by atoms with Crippen molar-refractivity contribution >= 4 is 46.0 Å². The zero-order valence-electron chi connectivity index (χ0n) is 9.84. The van der Waals surface area contributed by atoms with Gasteiger partial charge in [0, 0.05) is 21.5 Å². The monoisotopic (exact) mass is 295 g/mol. The Kier molecular flexibility index (Phi) is 4.57. The van der Waals surface area contributed by atoms with Crippen molar-refractivity contribution in [3.63, 3.8) is 0 Å². The van der Waals surface area contributed by atoms with Gasteiger partial charge in [-0.15, -0.1) is 23.1 Å². The number of nitrogens with two attached hydrogens (primary N) is 1. The third kappa shape index (κ3) is 3.01. The van der Waals surface area contributed by atoms with Crippen molar-refractivity contribution in [3.05, 3.63) is 40.3 Å². The second-order valence-electron chi connectivity index (χ2n) is 3.58. The molecular formula is C12H13N3S3. The highest BCUT2D eigenvalue weighted by Crippen LogP contribution is 2.27. The molecule has 0 radical (unpaired) electrons. The average Bonchev–Trinajstić information content (AvgIpc) is 2.88. The molecule has 0 saturated carbocycles. The lowest BCUT2D eigenvalue weighted by Crippen LogP contribution is -2.14. The Morgan fingerprint density at radius 3 is 3.00 bits per heavy atom. The van der Waals surface area contributed by atoms with E-state index >= 15 is 0 Å². The Labute approximate surface area is 120 Å². The predicted octanol–water partition coefficient (Wildman–Crippen LogP) is 3.11. The minimum Gasteiger partial charge on any atom is -0.389 e. The first-order chi connectivity index (χ1) is 8.72. The number of hydrogen-bond acceptors (Lipinski definition) is 5. The standard InChI is InChI=1S/C12H13N3S3/c1-17-10-4-2-3-9(11(10)12(13)16)14-5-8-6-18-7-15-8/h2-4,6-7,14H,5H2,1H3,(H2,13,16). The van der Waals surface area contributed by atoms with Gasteiger partial charge in [-0.25, -0.2) is 4.98 Å². The molecule has 3 nitrogen and oxygen atoms in total. The molecule has 0 amide bonds. The number of thiocarbonyl (C=S) groups is 1. The Balaban J connectivity index is 2.24. The molecule has 0 saturated heterocycles. The summed E-state index contributed by atoms with van der Waals surface area (Å²) in [6, 6.07) is 6.00. The number of rotatable bonds is 5. The van der Waals surface area contributed by atoms with Crippen LogP contribution in [0.4, 0.5) is 5.69 Å². The molecule has 1 aromatic heterocycles. The van der Waals surface area contributed by atoms with Crippen LogP contribution in [-0.2, 0) is 6.54 Å². The fourth-order valence-electron chi connectivity index (χ4n) is 1.61. The lowest BCUT2D eigenvalue weighted by molar-refractivity contribution is 1.07. The lowest BCUT2D eigenvalue weighted by Gasteiger charge is -2.13. The number of nitrogens with one attached hydrogen (secondary N) is 1. The molecule has 0 aliphatic heterocycles. The summed E-state index contributed by atoms with van der Waals surface area (Å²) in [7, 11) is 0. The zero-order chi connectivity index (χ0) is 13.0. The van der Waals surface area contributed by atoms with Gasteiger partial charge < -0.3 is 11.1 Å². The first kappa shape index (κ1) is 13.3. The van der Waals surface area contributed by atoms with Gasteiger partial charge in [-0.2, -0.15) is 0 Å². The topological polar surface area (TPSA) is 50.9 Å². The Morgan fingerprint density at radius 1 is 1.56 bits per heavy atom. The molecule has 0 aliphatic rings. The van der Waals surface area contributed by atoms with Crippen molar-refractivity contribution in [2.45, 2.75) is 11.4 Å². The quantitative estimate of drug-likeness (QED) is 0.656. The van der Waals surface area contributed by atoms with E-state index < -0.39 is 0 Å². The third-order valence-corrected chi connectivity index (χ3v) is 4.06. The van der Waals surface area contributed by atoms with E-state index in [-0.39, 0.29) is 0 Å². The number of hydrogen-bond donors (Lipinski definition) is 2. The molecule has 1 aromatic carbocycles. The smallest absolute Gasteiger partial charge is 0.107 e. The fourth-order valence-corrected chi connectivity index (χ4v) is 3.09. The largest absolute Gasteiger partial charge is 0.389 e. The van der Waals surface area contributed by atoms with Crippen molar-refractivity contribution in [3.8, 4) is 0 Å². The number of thiazole rings is 1. The van der Waals surface area contributed by atoms with E-state index in [9.17, 15) is 0 Å². The average molecular weight is 295 g/mol. The van der Waals surface area contributed by atoms with Crippen molar-refractivity contribution < 1.29 is 0 Å². The van der Waals surface area contributed by atoms with E-state index in [1.54, 1.807) is 23.1 Å². The molecule has 18 heavy (non-hydrogen) atoms. The minimum absolute atomic E-state index is 0.417. The Bertz CT molecular complexity index is 538. The number of benzene rings is 1. The van der Waals surface area contributed by atoms with Gasteiger partial charge >= 0.3 is 0 Å². The molecule has 0 fully saturated rings. The second-order valence-corrected chi connectivity index (χ2v) is 5.59. The highest BCUT2D eigenvalue weighted by Gasteiger charge is 2.10. The Hall–Kier alpha value is -1.11. The molecular weight excluding hydrogens is 282 g/mol. The highest BCUT2D eigenvalue weighted by atomic mass is 32.2. The number of aromatic nitrogens is 1. The SMILES string of the molecule is CSc1cccc(NCc2cscn2)c1C(N)=S. The van der Waals surface area contributed by atoms with Crippen LogP contribution in [0.2, 0.25) is 0 Å². The molecule has 2 aromatic rings. The molecule has 2 rings (SSSR count). The summed E-state index contributed by atoms with van der Waals surface area (Å²) in [6.07, 6.45) is 2.02. The first-order valence-electron chi connectivity index (χ1n) is 5.30. The zero-order valence-corrected chi connectivity index (χ0v) is 12.3. The lowest BCUT2D eigenvalue weighted by atomic mass is 10.1. The first-order valence-corrected chi connectivity index (χ1v) is 7.87. The third-order valence-electron chi connectivity index (χ3n) is 2.44. The van der Waals surface area contributed by atoms with Gasteiger partial charge in [-0.1, -0.05) is 18.3 Å². The molecule has 0 aliphatic carbocycles. The van der Waals surface area contributed by atoms with E-state index in [2.05, 4.69) is 10.3 Å². The molecule has 0 atom stereocenters. The second kappa shape index (κ2) is 6.17. The van der Waals surface area contributed by atoms with E-state index in [4.69, 9.17) is 18.0 Å². The van der Waals surface area contributed by atoms with Gasteiger partial charge in [-0.3, -0.25) is 0 Å². The van der Waals surface area contributed by atoms with Gasteiger partial charge in [0.05, 0.1) is 17.7 Å². The number of nitrogens with zero attached hydrogens (tertiary/aromatic N) is 1. The summed E-state index contributed by atoms with van der Waals surface area (Å²) in [4.78, 5) is 5.74. The van der Waals surface area contributed by atoms with Gasteiger partial charge in [0.2, 0.25) is 0 Å². The van der Waals surface area contributed by atoms with Crippen molar-refractivity contribution in [2.24, 2.45) is 5.73 Å². The van der Waals surface area contributed by atoms with E-state index in [1.165, 1.54) is 0 Å². The number of anilines is 1. The predicted molar refractivity (Wildman–Crippen MR) is 83.6 cm³/mol. The van der Waals surface area contributed by atoms with E-state index in [1.807, 2.05) is 35.3 Å². The van der Waals surface area contributed by atoms with Crippen LogP contribution in [0.5, 0.6) is 0 Å². The fraction of sp³-hybridized carbons (Fsp3) is 0.167. The molecule has 1 heterocycles. The molecule has 0 bridgehead atoms. The summed E-state index contributed by atoms with van der Waals surface area (Å²) < 4.78 is 0. The molecule has 94 valence electrons. The summed E-state index contributed by atoms with van der Waals surface area (Å²) >= 11 is 8.36. The van der Waals surface area contributed by atoms with E-state index in [0.29, 0.717) is 11.5 Å². The number of thioether (sulfide) groups is 1. The van der Waals surface area contributed by atoms with E-state index in [0.717, 1.165) is 21.8 Å². The molecule has 0 unspecified atom stereocenters. The minimum atomic E-state index is 0.417. The van der Waals surface area contributed by atoms with Crippen molar-refractivity contribution in [1.82, 2.24) is 4.98 Å². The van der Waals surface area contributed by atoms with Crippen LogP contribution >= 0.6 is 35.3 Å². The van der Waals surface area contributed by atoms with Crippen LogP contribution in [-0.4, -0.2) is 16.2 Å². The molecule has 0 spiro atoms. The maximum Gasteiger partial charge on any atom is 0.107 e. The van der Waals surface area contributed by atoms with Gasteiger partial charge in [0.1, 0.15) is 4.99 Å². The summed E-state index contributed by atoms with van der Waals surface area (Å²) in [6.45, 7) is 0.678. The van der Waals surface area contributed by atoms with Crippen LogP contribution in [0.1, 0.15) is 11.3 Å². The van der Waals surface area contributed by atoms with Crippen LogP contribution in [0.25, 0.3) is 0 Å². The summed E-state index contributed by atoms with van der Waals surface area (Å²) in [5, 5.41) is 5.35. The normalized spacial score (nSPS) is 10.3. The van der Waals surface area contributed by atoms with Gasteiger partial charge in [0.15, 0.2) is 0 Å². The van der Waals surface area contributed by atoms with Crippen LogP contribution in [0.3, 0.4) is 0 Å². The van der Waals surface area contributed by atoms with Gasteiger partial charge in [-0.05, 0) is 18.4 Å². The highest BCUT2D eigenvalue weighted by molar-refractivity contribution is 7.98.